The smallest absolute Gasteiger partial charge is 0.258 e. The lowest BCUT2D eigenvalue weighted by atomic mass is 9.91. The Kier molecular flexibility index (Phi) is 5.30. The number of hydrogen-bond donors (Lipinski definition) is 1. The minimum Gasteiger partial charge on any atom is -0.321 e. The molecule has 1 aliphatic heterocycles. The lowest BCUT2D eigenvalue weighted by Gasteiger charge is -2.20. The summed E-state index contributed by atoms with van der Waals surface area (Å²) in [4.78, 5) is 28.7. The molecule has 4 aromatic rings. The Labute approximate surface area is 194 Å². The van der Waals surface area contributed by atoms with E-state index in [9.17, 15) is 14.0 Å². The third kappa shape index (κ3) is 3.72. The lowest BCUT2D eigenvalue weighted by molar-refractivity contribution is -0.130. The highest BCUT2D eigenvalue weighted by atomic mass is 35.5. The minimum atomic E-state index is -0.642. The Bertz CT molecular complexity index is 1480. The van der Waals surface area contributed by atoms with Crippen molar-refractivity contribution in [1.82, 2.24) is 9.99 Å². The molecule has 1 atom stereocenters. The van der Waals surface area contributed by atoms with Crippen LogP contribution in [0.25, 0.3) is 22.0 Å². The molecule has 1 unspecified atom stereocenters. The Balaban J connectivity index is 1.76. The van der Waals surface area contributed by atoms with Crippen LogP contribution >= 0.6 is 11.6 Å². The standard InChI is InChI=1S/C26H19ClFN3O2/c1-15(32)31-23(18-9-5-6-10-20(18)28)14-22(30-31)25-24(16-7-3-2-4-8-16)19-13-17(27)11-12-21(19)29-26(25)33/h2-13,23H,14H2,1H3,(H,29,33). The number of nitrogens with zero attached hydrogens (tertiary/aromatic N) is 2. The number of carbonyl (C=O) groups excluding carboxylic acids is 1. The number of hydrazone groups is 1. The van der Waals surface area contributed by atoms with Crippen LogP contribution in [0.5, 0.6) is 0 Å². The van der Waals surface area contributed by atoms with Crippen LogP contribution in [-0.2, 0) is 4.79 Å². The molecule has 164 valence electrons. The van der Waals surface area contributed by atoms with Gasteiger partial charge in [-0.15, -0.1) is 0 Å². The molecular weight excluding hydrogens is 441 g/mol. The van der Waals surface area contributed by atoms with Gasteiger partial charge in [0.25, 0.3) is 5.56 Å². The number of fused-ring (bicyclic) bond motifs is 1. The molecule has 5 nitrogen and oxygen atoms in total. The summed E-state index contributed by atoms with van der Waals surface area (Å²) in [5.41, 5.74) is 2.92. The van der Waals surface area contributed by atoms with E-state index in [1.165, 1.54) is 18.0 Å². The van der Waals surface area contributed by atoms with Crippen molar-refractivity contribution in [2.24, 2.45) is 5.10 Å². The second-order valence-electron chi connectivity index (χ2n) is 7.91. The molecule has 5 rings (SSSR count). The number of halogens is 2. The number of H-pyrrole nitrogens is 1. The van der Waals surface area contributed by atoms with Crippen LogP contribution in [0.4, 0.5) is 4.39 Å². The van der Waals surface area contributed by atoms with E-state index in [0.29, 0.717) is 32.9 Å². The number of benzene rings is 3. The molecule has 33 heavy (non-hydrogen) atoms. The molecule has 0 spiro atoms. The Morgan fingerprint density at radius 3 is 2.52 bits per heavy atom. The fourth-order valence-electron chi connectivity index (χ4n) is 4.38. The predicted molar refractivity (Wildman–Crippen MR) is 128 cm³/mol. The van der Waals surface area contributed by atoms with E-state index >= 15 is 0 Å². The maximum Gasteiger partial charge on any atom is 0.258 e. The number of nitrogens with one attached hydrogen (secondary N) is 1. The van der Waals surface area contributed by atoms with E-state index in [-0.39, 0.29) is 17.9 Å². The third-order valence-electron chi connectivity index (χ3n) is 5.82. The largest absolute Gasteiger partial charge is 0.321 e. The Hall–Kier alpha value is -3.77. The van der Waals surface area contributed by atoms with Crippen molar-refractivity contribution in [3.8, 4) is 11.1 Å². The van der Waals surface area contributed by atoms with Crippen molar-refractivity contribution in [2.45, 2.75) is 19.4 Å². The van der Waals surface area contributed by atoms with Gasteiger partial charge in [0.1, 0.15) is 5.82 Å². The summed E-state index contributed by atoms with van der Waals surface area (Å²) in [6.45, 7) is 1.38. The zero-order valence-electron chi connectivity index (χ0n) is 17.7. The first-order valence-corrected chi connectivity index (χ1v) is 10.8. The van der Waals surface area contributed by atoms with Crippen LogP contribution in [0.3, 0.4) is 0 Å². The maximum absolute atomic E-state index is 14.6. The molecule has 3 aromatic carbocycles. The Morgan fingerprint density at radius 1 is 1.06 bits per heavy atom. The number of rotatable bonds is 3. The van der Waals surface area contributed by atoms with Gasteiger partial charge in [-0.3, -0.25) is 9.59 Å². The van der Waals surface area contributed by atoms with Gasteiger partial charge in [-0.2, -0.15) is 5.10 Å². The Morgan fingerprint density at radius 2 is 1.79 bits per heavy atom. The SMILES string of the molecule is CC(=O)N1N=C(c2c(-c3ccccc3)c3cc(Cl)ccc3[nH]c2=O)CC1c1ccccc1F. The highest BCUT2D eigenvalue weighted by Gasteiger charge is 2.35. The molecule has 2 heterocycles. The van der Waals surface area contributed by atoms with E-state index < -0.39 is 11.9 Å². The van der Waals surface area contributed by atoms with Gasteiger partial charge in [0.2, 0.25) is 5.91 Å². The van der Waals surface area contributed by atoms with E-state index in [2.05, 4.69) is 10.1 Å². The van der Waals surface area contributed by atoms with Crippen molar-refractivity contribution >= 4 is 34.1 Å². The van der Waals surface area contributed by atoms with Gasteiger partial charge in [0, 0.05) is 40.4 Å². The molecule has 0 bridgehead atoms. The maximum atomic E-state index is 14.6. The summed E-state index contributed by atoms with van der Waals surface area (Å²) in [5, 5.41) is 7.06. The average molecular weight is 460 g/mol. The van der Waals surface area contributed by atoms with E-state index in [4.69, 9.17) is 11.6 Å². The van der Waals surface area contributed by atoms with Crippen molar-refractivity contribution in [1.29, 1.82) is 0 Å². The molecule has 1 amide bonds. The van der Waals surface area contributed by atoms with Crippen LogP contribution in [-0.4, -0.2) is 21.6 Å². The van der Waals surface area contributed by atoms with Gasteiger partial charge in [0.05, 0.1) is 17.3 Å². The lowest BCUT2D eigenvalue weighted by Crippen LogP contribution is -2.25. The number of pyridine rings is 1. The van der Waals surface area contributed by atoms with Gasteiger partial charge in [-0.1, -0.05) is 60.1 Å². The molecule has 0 saturated heterocycles. The van der Waals surface area contributed by atoms with Crippen LogP contribution in [0.1, 0.15) is 30.5 Å². The van der Waals surface area contributed by atoms with Gasteiger partial charge in [-0.05, 0) is 29.8 Å². The zero-order valence-corrected chi connectivity index (χ0v) is 18.4. The zero-order chi connectivity index (χ0) is 23.1. The molecule has 0 fully saturated rings. The van der Waals surface area contributed by atoms with E-state index in [1.807, 2.05) is 30.3 Å². The molecule has 0 saturated carbocycles. The normalized spacial score (nSPS) is 15.7. The summed E-state index contributed by atoms with van der Waals surface area (Å²) in [5.74, 6) is -0.757. The fraction of sp³-hybridized carbons (Fsp3) is 0.115. The van der Waals surface area contributed by atoms with Crippen molar-refractivity contribution in [3.63, 3.8) is 0 Å². The highest BCUT2D eigenvalue weighted by Crippen LogP contribution is 2.37. The molecule has 1 aliphatic rings. The molecular formula is C26H19ClFN3O2. The summed E-state index contributed by atoms with van der Waals surface area (Å²) in [6, 6.07) is 20.4. The number of hydrogen-bond acceptors (Lipinski definition) is 3. The summed E-state index contributed by atoms with van der Waals surface area (Å²) < 4.78 is 14.6. The van der Waals surface area contributed by atoms with Crippen molar-refractivity contribution in [2.75, 3.05) is 0 Å². The quantitative estimate of drug-likeness (QED) is 0.428. The summed E-state index contributed by atoms with van der Waals surface area (Å²) in [6.07, 6.45) is 0.204. The third-order valence-corrected chi connectivity index (χ3v) is 6.06. The first kappa shape index (κ1) is 21.1. The summed E-state index contributed by atoms with van der Waals surface area (Å²) >= 11 is 6.30. The van der Waals surface area contributed by atoms with Gasteiger partial charge < -0.3 is 4.98 Å². The monoisotopic (exact) mass is 459 g/mol. The first-order chi connectivity index (χ1) is 15.9. The minimum absolute atomic E-state index is 0.204. The summed E-state index contributed by atoms with van der Waals surface area (Å²) in [7, 11) is 0. The molecule has 0 aliphatic carbocycles. The van der Waals surface area contributed by atoms with Crippen molar-refractivity contribution < 1.29 is 9.18 Å². The predicted octanol–water partition coefficient (Wildman–Crippen LogP) is 5.69. The second-order valence-corrected chi connectivity index (χ2v) is 8.35. The second kappa shape index (κ2) is 8.30. The number of amides is 1. The average Bonchev–Trinajstić information content (AvgIpc) is 3.24. The molecule has 1 aromatic heterocycles. The van der Waals surface area contributed by atoms with Gasteiger partial charge in [-0.25, -0.2) is 9.40 Å². The van der Waals surface area contributed by atoms with Crippen molar-refractivity contribution in [3.05, 3.63) is 105 Å². The number of aromatic amines is 1. The van der Waals surface area contributed by atoms with E-state index in [1.54, 1.807) is 36.4 Å². The van der Waals surface area contributed by atoms with Crippen LogP contribution in [0.2, 0.25) is 5.02 Å². The molecule has 7 heteroatoms. The number of aromatic nitrogens is 1. The molecule has 0 radical (unpaired) electrons. The van der Waals surface area contributed by atoms with Crippen LogP contribution in [0.15, 0.2) is 82.7 Å². The topological polar surface area (TPSA) is 65.5 Å². The van der Waals surface area contributed by atoms with Crippen LogP contribution in [0, 0.1) is 5.82 Å². The van der Waals surface area contributed by atoms with Gasteiger partial charge in [0.15, 0.2) is 0 Å². The van der Waals surface area contributed by atoms with Crippen LogP contribution < -0.4 is 5.56 Å². The highest BCUT2D eigenvalue weighted by molar-refractivity contribution is 6.31. The van der Waals surface area contributed by atoms with E-state index in [0.717, 1.165) is 10.9 Å². The fourth-order valence-corrected chi connectivity index (χ4v) is 4.56. The first-order valence-electron chi connectivity index (χ1n) is 10.5. The van der Waals surface area contributed by atoms with Gasteiger partial charge >= 0.3 is 0 Å². The molecule has 1 N–H and O–H groups in total. The number of carbonyl (C=O) groups is 1.